The van der Waals surface area contributed by atoms with Crippen LogP contribution in [0.4, 0.5) is 0 Å². The van der Waals surface area contributed by atoms with Crippen molar-refractivity contribution < 1.29 is 4.42 Å². The highest BCUT2D eigenvalue weighted by Gasteiger charge is 2.02. The molecule has 0 aliphatic rings. The van der Waals surface area contributed by atoms with Gasteiger partial charge in [-0.25, -0.2) is 0 Å². The van der Waals surface area contributed by atoms with Crippen LogP contribution >= 0.6 is 0 Å². The smallest absolute Gasteiger partial charge is 0.108 e. The second kappa shape index (κ2) is 6.29. The van der Waals surface area contributed by atoms with Crippen molar-refractivity contribution in [2.24, 2.45) is 0 Å². The number of hydrogen-bond donors (Lipinski definition) is 0. The lowest BCUT2D eigenvalue weighted by atomic mass is 10.1. The predicted octanol–water partition coefficient (Wildman–Crippen LogP) is 4.60. The van der Waals surface area contributed by atoms with E-state index in [0.717, 1.165) is 24.4 Å². The maximum Gasteiger partial charge on any atom is 0.108 e. The molecule has 2 rings (SSSR count). The first-order valence-corrected chi connectivity index (χ1v) is 6.50. The minimum Gasteiger partial charge on any atom is -0.466 e. The molecule has 1 heteroatoms. The van der Waals surface area contributed by atoms with Crippen LogP contribution in [0.3, 0.4) is 0 Å². The Bertz CT molecular complexity index is 428. The molecule has 0 spiro atoms. The summed E-state index contributed by atoms with van der Waals surface area (Å²) in [6.45, 7) is 2.23. The Morgan fingerprint density at radius 3 is 2.41 bits per heavy atom. The molecule has 0 radical (unpaired) electrons. The number of benzene rings is 1. The molecular weight excluding hydrogens is 208 g/mol. The van der Waals surface area contributed by atoms with Gasteiger partial charge in [-0.1, -0.05) is 50.1 Å². The Morgan fingerprint density at radius 2 is 1.65 bits per heavy atom. The van der Waals surface area contributed by atoms with Gasteiger partial charge in [0.1, 0.15) is 11.5 Å². The van der Waals surface area contributed by atoms with Crippen molar-refractivity contribution in [1.82, 2.24) is 0 Å². The molecule has 90 valence electrons. The maximum absolute atomic E-state index is 5.83. The molecule has 0 bridgehead atoms. The van der Waals surface area contributed by atoms with Crippen molar-refractivity contribution in [3.05, 3.63) is 59.5 Å². The molecule has 1 heterocycles. The number of aryl methyl sites for hydroxylation is 1. The Kier molecular flexibility index (Phi) is 4.43. The maximum atomic E-state index is 5.83. The quantitative estimate of drug-likeness (QED) is 0.658. The van der Waals surface area contributed by atoms with Gasteiger partial charge in [0.25, 0.3) is 0 Å². The zero-order valence-corrected chi connectivity index (χ0v) is 10.5. The Labute approximate surface area is 103 Å². The zero-order valence-electron chi connectivity index (χ0n) is 10.5. The Morgan fingerprint density at radius 1 is 0.882 bits per heavy atom. The van der Waals surface area contributed by atoms with Gasteiger partial charge in [-0.15, -0.1) is 0 Å². The van der Waals surface area contributed by atoms with Crippen LogP contribution in [0.2, 0.25) is 0 Å². The lowest BCUT2D eigenvalue weighted by Crippen LogP contribution is -1.85. The van der Waals surface area contributed by atoms with E-state index in [-0.39, 0.29) is 0 Å². The molecule has 17 heavy (non-hydrogen) atoms. The topological polar surface area (TPSA) is 13.1 Å². The van der Waals surface area contributed by atoms with Gasteiger partial charge in [0.2, 0.25) is 0 Å². The van der Waals surface area contributed by atoms with E-state index in [4.69, 9.17) is 4.42 Å². The van der Waals surface area contributed by atoms with Crippen molar-refractivity contribution in [1.29, 1.82) is 0 Å². The number of unbranched alkanes of at least 4 members (excludes halogenated alkanes) is 2. The van der Waals surface area contributed by atoms with E-state index in [1.807, 2.05) is 6.07 Å². The van der Waals surface area contributed by atoms with Gasteiger partial charge in [0, 0.05) is 12.8 Å². The number of hydrogen-bond acceptors (Lipinski definition) is 1. The van der Waals surface area contributed by atoms with Gasteiger partial charge >= 0.3 is 0 Å². The highest BCUT2D eigenvalue weighted by atomic mass is 16.3. The van der Waals surface area contributed by atoms with Crippen LogP contribution in [-0.2, 0) is 12.8 Å². The molecule has 0 amide bonds. The summed E-state index contributed by atoms with van der Waals surface area (Å²) in [4.78, 5) is 0. The molecule has 0 saturated carbocycles. The van der Waals surface area contributed by atoms with Crippen LogP contribution < -0.4 is 0 Å². The van der Waals surface area contributed by atoms with Gasteiger partial charge < -0.3 is 4.42 Å². The molecule has 0 saturated heterocycles. The normalized spacial score (nSPS) is 10.6. The number of rotatable bonds is 6. The molecule has 0 N–H and O–H groups in total. The molecule has 0 fully saturated rings. The first-order valence-electron chi connectivity index (χ1n) is 6.50. The first-order chi connectivity index (χ1) is 8.38. The first kappa shape index (κ1) is 12.0. The third-order valence-electron chi connectivity index (χ3n) is 2.97. The summed E-state index contributed by atoms with van der Waals surface area (Å²) in [5.41, 5.74) is 1.31. The number of furan rings is 1. The van der Waals surface area contributed by atoms with Crippen LogP contribution in [0.25, 0.3) is 0 Å². The summed E-state index contributed by atoms with van der Waals surface area (Å²) >= 11 is 0. The van der Waals surface area contributed by atoms with Gasteiger partial charge in [-0.05, 0) is 24.1 Å². The highest BCUT2D eigenvalue weighted by molar-refractivity contribution is 5.21. The molecule has 1 nitrogen and oxygen atoms in total. The van der Waals surface area contributed by atoms with Crippen molar-refractivity contribution in [2.75, 3.05) is 0 Å². The molecule has 0 unspecified atom stereocenters. The van der Waals surface area contributed by atoms with Crippen LogP contribution in [0.5, 0.6) is 0 Å². The van der Waals surface area contributed by atoms with E-state index in [1.54, 1.807) is 0 Å². The van der Waals surface area contributed by atoms with E-state index in [2.05, 4.69) is 43.3 Å². The summed E-state index contributed by atoms with van der Waals surface area (Å²) < 4.78 is 5.83. The Hall–Kier alpha value is -1.50. The van der Waals surface area contributed by atoms with E-state index >= 15 is 0 Å². The second-order valence-corrected chi connectivity index (χ2v) is 4.49. The second-order valence-electron chi connectivity index (χ2n) is 4.49. The third kappa shape index (κ3) is 3.77. The van der Waals surface area contributed by atoms with E-state index < -0.39 is 0 Å². The molecule has 0 aliphatic heterocycles. The fraction of sp³-hybridized carbons (Fsp3) is 0.375. The molecule has 2 aromatic rings. The van der Waals surface area contributed by atoms with Crippen molar-refractivity contribution in [3.8, 4) is 0 Å². The van der Waals surface area contributed by atoms with Crippen LogP contribution in [-0.4, -0.2) is 0 Å². The standard InChI is InChI=1S/C16H20O/c1-2-3-5-10-15-11-12-16(17-15)13-14-8-6-4-7-9-14/h4,6-9,11-12H,2-3,5,10,13H2,1H3. The van der Waals surface area contributed by atoms with Crippen molar-refractivity contribution >= 4 is 0 Å². The average Bonchev–Trinajstić information content (AvgIpc) is 2.79. The van der Waals surface area contributed by atoms with Gasteiger partial charge in [0.15, 0.2) is 0 Å². The molecule has 1 aromatic heterocycles. The zero-order chi connectivity index (χ0) is 11.9. The summed E-state index contributed by atoms with van der Waals surface area (Å²) in [7, 11) is 0. The lowest BCUT2D eigenvalue weighted by Gasteiger charge is -1.98. The van der Waals surface area contributed by atoms with Crippen molar-refractivity contribution in [3.63, 3.8) is 0 Å². The predicted molar refractivity (Wildman–Crippen MR) is 71.2 cm³/mol. The molecular formula is C16H20O. The average molecular weight is 228 g/mol. The molecule has 1 aromatic carbocycles. The summed E-state index contributed by atoms with van der Waals surface area (Å²) in [6, 6.07) is 14.7. The fourth-order valence-electron chi connectivity index (χ4n) is 2.00. The minimum absolute atomic E-state index is 0.897. The summed E-state index contributed by atoms with van der Waals surface area (Å²) in [6.07, 6.45) is 5.75. The molecule has 0 atom stereocenters. The SMILES string of the molecule is CCCCCc1ccc(Cc2ccccc2)o1. The van der Waals surface area contributed by atoms with Gasteiger partial charge in [0.05, 0.1) is 0 Å². The van der Waals surface area contributed by atoms with Crippen LogP contribution in [0.15, 0.2) is 46.9 Å². The third-order valence-corrected chi connectivity index (χ3v) is 2.97. The van der Waals surface area contributed by atoms with E-state index in [1.165, 1.54) is 24.8 Å². The highest BCUT2D eigenvalue weighted by Crippen LogP contribution is 2.15. The monoisotopic (exact) mass is 228 g/mol. The summed E-state index contributed by atoms with van der Waals surface area (Å²) in [5.74, 6) is 2.20. The van der Waals surface area contributed by atoms with Crippen molar-refractivity contribution in [2.45, 2.75) is 39.0 Å². The van der Waals surface area contributed by atoms with E-state index in [0.29, 0.717) is 0 Å². The minimum atomic E-state index is 0.897. The van der Waals surface area contributed by atoms with E-state index in [9.17, 15) is 0 Å². The van der Waals surface area contributed by atoms with Crippen LogP contribution in [0, 0.1) is 0 Å². The van der Waals surface area contributed by atoms with Gasteiger partial charge in [-0.2, -0.15) is 0 Å². The molecule has 0 aliphatic carbocycles. The van der Waals surface area contributed by atoms with Crippen LogP contribution in [0.1, 0.15) is 43.3 Å². The fourth-order valence-corrected chi connectivity index (χ4v) is 2.00. The largest absolute Gasteiger partial charge is 0.466 e. The summed E-state index contributed by atoms with van der Waals surface area (Å²) in [5, 5.41) is 0. The Balaban J connectivity index is 1.90. The lowest BCUT2D eigenvalue weighted by molar-refractivity contribution is 0.464. The van der Waals surface area contributed by atoms with Gasteiger partial charge in [-0.3, -0.25) is 0 Å².